The molecule has 1 aromatic carbocycles. The molecule has 0 saturated heterocycles. The van der Waals surface area contributed by atoms with E-state index in [1.807, 2.05) is 0 Å². The zero-order chi connectivity index (χ0) is 11.4. The first kappa shape index (κ1) is 11.7. The van der Waals surface area contributed by atoms with Crippen molar-refractivity contribution in [2.24, 2.45) is 0 Å². The largest absolute Gasteiger partial charge is 0.392 e. The van der Waals surface area contributed by atoms with Crippen LogP contribution in [0.3, 0.4) is 0 Å². The van der Waals surface area contributed by atoms with Gasteiger partial charge in [0.05, 0.1) is 6.10 Å². The van der Waals surface area contributed by atoms with E-state index in [1.54, 1.807) is 0 Å². The second-order valence-corrected chi connectivity index (χ2v) is 4.91. The first-order valence-corrected chi connectivity index (χ1v) is 6.58. The summed E-state index contributed by atoms with van der Waals surface area (Å²) in [6.45, 7) is 2.18. The van der Waals surface area contributed by atoms with Gasteiger partial charge in [0.2, 0.25) is 0 Å². The Morgan fingerprint density at radius 3 is 3.00 bits per heavy atom. The lowest BCUT2D eigenvalue weighted by Crippen LogP contribution is -2.22. The predicted molar refractivity (Wildman–Crippen MR) is 67.7 cm³/mol. The number of aryl methyl sites for hydroxylation is 1. The molecule has 0 heterocycles. The van der Waals surface area contributed by atoms with Crippen LogP contribution in [0.15, 0.2) is 24.3 Å². The number of aliphatic hydroxyl groups excluding tert-OH is 1. The summed E-state index contributed by atoms with van der Waals surface area (Å²) in [6.07, 6.45) is 6.70. The summed E-state index contributed by atoms with van der Waals surface area (Å²) in [5.74, 6) is 0.386. The number of hydrogen-bond donors (Lipinski definition) is 1. The van der Waals surface area contributed by atoms with Gasteiger partial charge in [0.1, 0.15) is 0 Å². The summed E-state index contributed by atoms with van der Waals surface area (Å²) >= 11 is 0. The minimum Gasteiger partial charge on any atom is -0.392 e. The Morgan fingerprint density at radius 1 is 1.38 bits per heavy atom. The van der Waals surface area contributed by atoms with Crippen LogP contribution >= 0.6 is 0 Å². The normalized spacial score (nSPS) is 21.5. The quantitative estimate of drug-likeness (QED) is 0.817. The Labute approximate surface area is 98.5 Å². The molecule has 0 aliphatic heterocycles. The topological polar surface area (TPSA) is 20.2 Å². The fourth-order valence-electron chi connectivity index (χ4n) is 2.81. The SMILES string of the molecule is CCCCC(O)C1CCCc2ccccc21. The maximum atomic E-state index is 10.3. The van der Waals surface area contributed by atoms with Crippen LogP contribution in [0.4, 0.5) is 0 Å². The summed E-state index contributed by atoms with van der Waals surface area (Å²) in [6, 6.07) is 8.63. The molecule has 0 amide bonds. The minimum atomic E-state index is -0.138. The molecule has 1 heteroatoms. The third-order valence-electron chi connectivity index (χ3n) is 3.73. The van der Waals surface area contributed by atoms with Crippen molar-refractivity contribution in [1.82, 2.24) is 0 Å². The maximum Gasteiger partial charge on any atom is 0.0608 e. The molecule has 2 atom stereocenters. The minimum absolute atomic E-state index is 0.138. The van der Waals surface area contributed by atoms with Gasteiger partial charge in [0.15, 0.2) is 0 Å². The summed E-state index contributed by atoms with van der Waals surface area (Å²) in [5.41, 5.74) is 2.85. The average Bonchev–Trinajstić information content (AvgIpc) is 2.35. The van der Waals surface area contributed by atoms with Gasteiger partial charge in [-0.15, -0.1) is 0 Å². The molecule has 1 aromatic rings. The molecule has 1 aliphatic carbocycles. The van der Waals surface area contributed by atoms with Crippen molar-refractivity contribution < 1.29 is 5.11 Å². The number of fused-ring (bicyclic) bond motifs is 1. The van der Waals surface area contributed by atoms with Gasteiger partial charge >= 0.3 is 0 Å². The van der Waals surface area contributed by atoms with E-state index in [9.17, 15) is 5.11 Å². The van der Waals surface area contributed by atoms with Crippen LogP contribution in [-0.4, -0.2) is 11.2 Å². The number of benzene rings is 1. The number of aliphatic hydroxyl groups is 1. The Balaban J connectivity index is 2.12. The molecule has 0 saturated carbocycles. The number of rotatable bonds is 4. The van der Waals surface area contributed by atoms with Crippen molar-refractivity contribution in [2.45, 2.75) is 57.5 Å². The standard InChI is InChI=1S/C15H22O/c1-2-3-11-15(16)14-10-6-8-12-7-4-5-9-13(12)14/h4-5,7,9,14-16H,2-3,6,8,10-11H2,1H3. The summed E-state index contributed by atoms with van der Waals surface area (Å²) < 4.78 is 0. The van der Waals surface area contributed by atoms with E-state index in [2.05, 4.69) is 31.2 Å². The summed E-state index contributed by atoms with van der Waals surface area (Å²) in [7, 11) is 0. The van der Waals surface area contributed by atoms with E-state index in [0.717, 1.165) is 19.3 Å². The van der Waals surface area contributed by atoms with Crippen molar-refractivity contribution in [2.75, 3.05) is 0 Å². The molecule has 16 heavy (non-hydrogen) atoms. The molecule has 0 fully saturated rings. The fourth-order valence-corrected chi connectivity index (χ4v) is 2.81. The Hall–Kier alpha value is -0.820. The highest BCUT2D eigenvalue weighted by Crippen LogP contribution is 2.35. The molecule has 1 N–H and O–H groups in total. The smallest absolute Gasteiger partial charge is 0.0608 e. The molecule has 88 valence electrons. The molecule has 1 nitrogen and oxygen atoms in total. The van der Waals surface area contributed by atoms with Crippen LogP contribution in [0.1, 0.15) is 56.1 Å². The third-order valence-corrected chi connectivity index (χ3v) is 3.73. The van der Waals surface area contributed by atoms with E-state index in [0.29, 0.717) is 5.92 Å². The highest BCUT2D eigenvalue weighted by atomic mass is 16.3. The van der Waals surface area contributed by atoms with Gasteiger partial charge in [-0.3, -0.25) is 0 Å². The molecular weight excluding hydrogens is 196 g/mol. The molecule has 2 unspecified atom stereocenters. The van der Waals surface area contributed by atoms with Crippen LogP contribution in [0.25, 0.3) is 0 Å². The summed E-state index contributed by atoms with van der Waals surface area (Å²) in [4.78, 5) is 0. The molecule has 1 aliphatic rings. The number of unbranched alkanes of at least 4 members (excludes halogenated alkanes) is 1. The predicted octanol–water partition coefficient (Wildman–Crippen LogP) is 3.66. The first-order chi connectivity index (χ1) is 7.83. The van der Waals surface area contributed by atoms with Crippen molar-refractivity contribution >= 4 is 0 Å². The van der Waals surface area contributed by atoms with Crippen molar-refractivity contribution in [3.05, 3.63) is 35.4 Å². The summed E-state index contributed by atoms with van der Waals surface area (Å²) in [5, 5.41) is 10.3. The van der Waals surface area contributed by atoms with Crippen molar-refractivity contribution in [3.63, 3.8) is 0 Å². The van der Waals surface area contributed by atoms with Gasteiger partial charge in [-0.25, -0.2) is 0 Å². The van der Waals surface area contributed by atoms with Crippen LogP contribution in [0.2, 0.25) is 0 Å². The molecular formula is C15H22O. The number of hydrogen-bond acceptors (Lipinski definition) is 1. The van der Waals surface area contributed by atoms with Gasteiger partial charge in [-0.1, -0.05) is 44.0 Å². The molecule has 0 radical (unpaired) electrons. The lowest BCUT2D eigenvalue weighted by Gasteiger charge is -2.29. The highest BCUT2D eigenvalue weighted by Gasteiger charge is 2.25. The van der Waals surface area contributed by atoms with Crippen LogP contribution in [-0.2, 0) is 6.42 Å². The van der Waals surface area contributed by atoms with Gasteiger partial charge in [-0.2, -0.15) is 0 Å². The maximum absolute atomic E-state index is 10.3. The van der Waals surface area contributed by atoms with Gasteiger partial charge in [0, 0.05) is 5.92 Å². The van der Waals surface area contributed by atoms with Gasteiger partial charge in [-0.05, 0) is 36.8 Å². The Morgan fingerprint density at radius 2 is 2.19 bits per heavy atom. The zero-order valence-electron chi connectivity index (χ0n) is 10.2. The Kier molecular flexibility index (Phi) is 4.00. The molecule has 2 rings (SSSR count). The molecule has 0 bridgehead atoms. The Bertz CT molecular complexity index is 332. The van der Waals surface area contributed by atoms with E-state index < -0.39 is 0 Å². The van der Waals surface area contributed by atoms with Gasteiger partial charge < -0.3 is 5.11 Å². The second-order valence-electron chi connectivity index (χ2n) is 4.91. The van der Waals surface area contributed by atoms with Gasteiger partial charge in [0.25, 0.3) is 0 Å². The van der Waals surface area contributed by atoms with E-state index >= 15 is 0 Å². The third kappa shape index (κ3) is 2.46. The van der Waals surface area contributed by atoms with E-state index in [4.69, 9.17) is 0 Å². The van der Waals surface area contributed by atoms with Crippen molar-refractivity contribution in [3.8, 4) is 0 Å². The lowest BCUT2D eigenvalue weighted by molar-refractivity contribution is 0.122. The van der Waals surface area contributed by atoms with Crippen LogP contribution in [0, 0.1) is 0 Å². The average molecular weight is 218 g/mol. The highest BCUT2D eigenvalue weighted by molar-refractivity contribution is 5.33. The van der Waals surface area contributed by atoms with Crippen LogP contribution < -0.4 is 0 Å². The van der Waals surface area contributed by atoms with E-state index in [1.165, 1.54) is 30.4 Å². The second kappa shape index (κ2) is 5.49. The fraction of sp³-hybridized carbons (Fsp3) is 0.600. The monoisotopic (exact) mass is 218 g/mol. The zero-order valence-corrected chi connectivity index (χ0v) is 10.2. The lowest BCUT2D eigenvalue weighted by atomic mass is 9.78. The first-order valence-electron chi connectivity index (χ1n) is 6.58. The van der Waals surface area contributed by atoms with Crippen LogP contribution in [0.5, 0.6) is 0 Å². The van der Waals surface area contributed by atoms with Crippen molar-refractivity contribution in [1.29, 1.82) is 0 Å². The molecule has 0 spiro atoms. The molecule has 0 aromatic heterocycles. The van der Waals surface area contributed by atoms with E-state index in [-0.39, 0.29) is 6.10 Å².